The molecule has 1 aromatic heterocycles. The van der Waals surface area contributed by atoms with E-state index in [9.17, 15) is 8.42 Å². The molecule has 0 aliphatic carbocycles. The van der Waals surface area contributed by atoms with Gasteiger partial charge >= 0.3 is 29.6 Å². The summed E-state index contributed by atoms with van der Waals surface area (Å²) in [6.45, 7) is 0. The second-order valence-corrected chi connectivity index (χ2v) is 3.08. The first-order valence-corrected chi connectivity index (χ1v) is 3.92. The van der Waals surface area contributed by atoms with Crippen molar-refractivity contribution in [2.45, 2.75) is 4.90 Å². The molecular weight excluding hydrogens is 177 g/mol. The van der Waals surface area contributed by atoms with Gasteiger partial charge in [-0.2, -0.15) is 8.42 Å². The summed E-state index contributed by atoms with van der Waals surface area (Å²) in [5, 5.41) is 0. The Kier molecular flexibility index (Phi) is 4.20. The zero-order valence-corrected chi connectivity index (χ0v) is 5.75. The minimum absolute atomic E-state index is 0. The van der Waals surface area contributed by atoms with Crippen molar-refractivity contribution in [1.82, 2.24) is 4.98 Å². The van der Waals surface area contributed by atoms with E-state index in [2.05, 4.69) is 4.98 Å². The monoisotopic (exact) mass is 183 g/mol. The normalized spacial score (nSPS) is 10.3. The topological polar surface area (TPSA) is 67.3 Å². The van der Waals surface area contributed by atoms with Crippen LogP contribution in [0.15, 0.2) is 29.4 Å². The maximum absolute atomic E-state index is 10.4. The summed E-state index contributed by atoms with van der Waals surface area (Å²) in [6, 6.07) is 2.44. The molecule has 56 valence electrons. The molecule has 1 aromatic rings. The van der Waals surface area contributed by atoms with Crippen molar-refractivity contribution in [1.29, 1.82) is 0 Å². The van der Waals surface area contributed by atoms with E-state index in [-0.39, 0.29) is 34.5 Å². The number of pyridine rings is 1. The zero-order chi connectivity index (χ0) is 7.61. The number of nitrogens with zero attached hydrogens (tertiary/aromatic N) is 1. The van der Waals surface area contributed by atoms with Gasteiger partial charge in [-0.15, -0.1) is 0 Å². The molecule has 1 heterocycles. The van der Waals surface area contributed by atoms with Gasteiger partial charge in [-0.05, 0) is 12.1 Å². The van der Waals surface area contributed by atoms with E-state index in [1.165, 1.54) is 24.5 Å². The fourth-order valence-electron chi connectivity index (χ4n) is 0.510. The summed E-state index contributed by atoms with van der Waals surface area (Å²) in [5.74, 6) is 0. The Morgan fingerprint density at radius 1 is 1.27 bits per heavy atom. The van der Waals surface area contributed by atoms with Crippen LogP contribution >= 0.6 is 0 Å². The molecule has 0 aromatic carbocycles. The molecule has 0 bridgehead atoms. The van der Waals surface area contributed by atoms with Crippen molar-refractivity contribution in [3.05, 3.63) is 24.5 Å². The van der Waals surface area contributed by atoms with Crippen LogP contribution in [0.3, 0.4) is 0 Å². The van der Waals surface area contributed by atoms with E-state index in [4.69, 9.17) is 4.55 Å². The molecule has 11 heavy (non-hydrogen) atoms. The van der Waals surface area contributed by atoms with E-state index < -0.39 is 10.1 Å². The van der Waals surface area contributed by atoms with Gasteiger partial charge in [0, 0.05) is 12.4 Å². The van der Waals surface area contributed by atoms with Gasteiger partial charge in [0.25, 0.3) is 10.1 Å². The van der Waals surface area contributed by atoms with Crippen LogP contribution in [0.4, 0.5) is 0 Å². The summed E-state index contributed by atoms with van der Waals surface area (Å²) in [7, 11) is -4.04. The van der Waals surface area contributed by atoms with Gasteiger partial charge in [-0.25, -0.2) is 0 Å². The van der Waals surface area contributed by atoms with Crippen LogP contribution in [-0.4, -0.2) is 47.5 Å². The zero-order valence-electron chi connectivity index (χ0n) is 4.93. The molecule has 1 rings (SSSR count). The molecule has 0 radical (unpaired) electrons. The molecule has 0 aliphatic heterocycles. The Hall–Kier alpha value is 0.0600. The molecule has 0 unspecified atom stereocenters. The molecule has 4 nitrogen and oxygen atoms in total. The molecule has 6 heteroatoms. The first-order chi connectivity index (χ1) is 4.61. The van der Waals surface area contributed by atoms with Crippen LogP contribution in [0.25, 0.3) is 0 Å². The van der Waals surface area contributed by atoms with Gasteiger partial charge in [0.15, 0.2) is 0 Å². The van der Waals surface area contributed by atoms with Crippen LogP contribution in [0.1, 0.15) is 0 Å². The fourth-order valence-corrected chi connectivity index (χ4v) is 0.976. The Morgan fingerprint density at radius 3 is 2.00 bits per heavy atom. The molecule has 0 atom stereocenters. The second kappa shape index (κ2) is 4.18. The van der Waals surface area contributed by atoms with Gasteiger partial charge in [-0.1, -0.05) is 0 Å². The van der Waals surface area contributed by atoms with E-state index in [1.807, 2.05) is 0 Å². The van der Waals surface area contributed by atoms with Crippen molar-refractivity contribution in [2.24, 2.45) is 0 Å². The van der Waals surface area contributed by atoms with E-state index in [0.29, 0.717) is 0 Å². The van der Waals surface area contributed by atoms with Gasteiger partial charge in [0.1, 0.15) is 0 Å². The van der Waals surface area contributed by atoms with Crippen LogP contribution in [0.5, 0.6) is 0 Å². The summed E-state index contributed by atoms with van der Waals surface area (Å²) in [4.78, 5) is 3.45. The third-order valence-electron chi connectivity index (χ3n) is 0.948. The van der Waals surface area contributed by atoms with Crippen LogP contribution in [0.2, 0.25) is 0 Å². The Labute approximate surface area is 86.7 Å². The molecule has 1 N–H and O–H groups in total. The Bertz CT molecular complexity index is 310. The maximum atomic E-state index is 10.4. The third-order valence-corrected chi connectivity index (χ3v) is 1.82. The second-order valence-electron chi connectivity index (χ2n) is 1.66. The molecule has 0 saturated carbocycles. The van der Waals surface area contributed by atoms with Crippen molar-refractivity contribution < 1.29 is 13.0 Å². The summed E-state index contributed by atoms with van der Waals surface area (Å²) >= 11 is 0. The molecule has 0 aliphatic rings. The summed E-state index contributed by atoms with van der Waals surface area (Å²) in [6.07, 6.45) is 2.59. The van der Waals surface area contributed by atoms with Gasteiger partial charge in [0.2, 0.25) is 0 Å². The van der Waals surface area contributed by atoms with Gasteiger partial charge < -0.3 is 0 Å². The average molecular weight is 183 g/mol. The van der Waals surface area contributed by atoms with Gasteiger partial charge in [-0.3, -0.25) is 9.54 Å². The number of hydrogen-bond donors (Lipinski definition) is 1. The first kappa shape index (κ1) is 11.1. The predicted molar refractivity (Wildman–Crippen MR) is 41.2 cm³/mol. The van der Waals surface area contributed by atoms with Crippen molar-refractivity contribution in [3.8, 4) is 0 Å². The number of hydrogen-bond acceptors (Lipinski definition) is 3. The van der Waals surface area contributed by atoms with Crippen molar-refractivity contribution in [2.75, 3.05) is 0 Å². The number of rotatable bonds is 1. The summed E-state index contributed by atoms with van der Waals surface area (Å²) in [5.41, 5.74) is 0. The third kappa shape index (κ3) is 3.31. The average Bonchev–Trinajstić information content (AvgIpc) is 1.88. The molecule has 0 amide bonds. The van der Waals surface area contributed by atoms with Gasteiger partial charge in [0.05, 0.1) is 4.90 Å². The SMILES string of the molecule is O=S(=O)(O)c1ccncc1.[NaH]. The molecule has 0 fully saturated rings. The first-order valence-electron chi connectivity index (χ1n) is 2.48. The molecule has 0 spiro atoms. The van der Waals surface area contributed by atoms with Crippen LogP contribution in [0, 0.1) is 0 Å². The van der Waals surface area contributed by atoms with Crippen LogP contribution in [-0.2, 0) is 10.1 Å². The van der Waals surface area contributed by atoms with Crippen molar-refractivity contribution >= 4 is 39.7 Å². The van der Waals surface area contributed by atoms with E-state index in [0.717, 1.165) is 0 Å². The molecular formula is C5H6NNaO3S. The fraction of sp³-hybridized carbons (Fsp3) is 0. The van der Waals surface area contributed by atoms with Crippen molar-refractivity contribution in [3.63, 3.8) is 0 Å². The predicted octanol–water partition coefficient (Wildman–Crippen LogP) is -0.320. The standard InChI is InChI=1S/C5H5NO3S.Na.H/c7-10(8,9)5-1-3-6-4-2-5;;/h1-4H,(H,7,8,9);;. The quantitative estimate of drug-likeness (QED) is 0.478. The Balaban J connectivity index is 0.000001000. The minimum atomic E-state index is -4.04. The number of aromatic nitrogens is 1. The Morgan fingerprint density at radius 2 is 1.73 bits per heavy atom. The van der Waals surface area contributed by atoms with E-state index in [1.54, 1.807) is 0 Å². The van der Waals surface area contributed by atoms with Crippen LogP contribution < -0.4 is 0 Å². The molecule has 0 saturated heterocycles. The summed E-state index contributed by atoms with van der Waals surface area (Å²) < 4.78 is 29.2. The van der Waals surface area contributed by atoms with E-state index >= 15 is 0 Å².